The third-order valence-corrected chi connectivity index (χ3v) is 1.88. The third kappa shape index (κ3) is 1.29. The Hall–Kier alpha value is 0.110. The van der Waals surface area contributed by atoms with Crippen LogP contribution in [-0.4, -0.2) is 23.8 Å². The van der Waals surface area contributed by atoms with E-state index in [-0.39, 0.29) is 10.6 Å². The molecule has 0 aromatic rings. The van der Waals surface area contributed by atoms with E-state index in [1.54, 1.807) is 0 Å². The van der Waals surface area contributed by atoms with Crippen molar-refractivity contribution >= 4 is 21.7 Å². The minimum absolute atomic E-state index is 0.0451. The molecular weight excluding hydrogens is 172 g/mol. The van der Waals surface area contributed by atoms with Crippen molar-refractivity contribution in [1.29, 1.82) is 0 Å². The average molecular weight is 179 g/mol. The molecule has 1 rings (SSSR count). The van der Waals surface area contributed by atoms with E-state index < -0.39 is 0 Å². The van der Waals surface area contributed by atoms with Crippen LogP contribution in [0, 0.1) is 0 Å². The summed E-state index contributed by atoms with van der Waals surface area (Å²) in [4.78, 5) is 10.6. The molecule has 0 N–H and O–H groups in total. The van der Waals surface area contributed by atoms with Gasteiger partial charge in [0, 0.05) is 6.42 Å². The van der Waals surface area contributed by atoms with Crippen molar-refractivity contribution in [3.05, 3.63) is 0 Å². The lowest BCUT2D eigenvalue weighted by Crippen LogP contribution is -2.27. The number of carbonyl (C=O) groups is 1. The number of hydrogen-bond donors (Lipinski definition) is 0. The molecule has 0 aromatic heterocycles. The topological polar surface area (TPSA) is 26.3 Å². The smallest absolute Gasteiger partial charge is 0.151 e. The Morgan fingerprint density at radius 1 is 1.75 bits per heavy atom. The number of alkyl halides is 1. The zero-order chi connectivity index (χ0) is 5.98. The maximum absolute atomic E-state index is 10.7. The molecule has 46 valence electrons. The molecule has 1 heterocycles. The molecule has 1 aliphatic rings. The molecule has 0 aromatic carbocycles. The van der Waals surface area contributed by atoms with E-state index in [9.17, 15) is 4.79 Å². The first-order valence-electron chi connectivity index (χ1n) is 2.55. The second-order valence-electron chi connectivity index (χ2n) is 1.76. The van der Waals surface area contributed by atoms with E-state index in [2.05, 4.69) is 15.9 Å². The van der Waals surface area contributed by atoms with Crippen molar-refractivity contribution < 1.29 is 9.53 Å². The molecule has 0 bridgehead atoms. The summed E-state index contributed by atoms with van der Waals surface area (Å²) >= 11 is 3.18. The molecule has 1 fully saturated rings. The molecule has 1 aliphatic heterocycles. The lowest BCUT2D eigenvalue weighted by molar-refractivity contribution is -0.123. The number of halogens is 1. The van der Waals surface area contributed by atoms with Gasteiger partial charge in [-0.05, 0) is 0 Å². The van der Waals surface area contributed by atoms with Crippen molar-refractivity contribution in [3.8, 4) is 0 Å². The number of Topliss-reactive ketones (excluding diaryl/α,β-unsaturated/α-hetero) is 1. The van der Waals surface area contributed by atoms with E-state index in [0.29, 0.717) is 19.6 Å². The van der Waals surface area contributed by atoms with Crippen LogP contribution in [0.4, 0.5) is 0 Å². The summed E-state index contributed by atoms with van der Waals surface area (Å²) in [6.07, 6.45) is 0.565. The normalized spacial score (nSPS) is 30.6. The van der Waals surface area contributed by atoms with Gasteiger partial charge in [-0.25, -0.2) is 0 Å². The third-order valence-electron chi connectivity index (χ3n) is 1.11. The maximum Gasteiger partial charge on any atom is 0.151 e. The van der Waals surface area contributed by atoms with Gasteiger partial charge in [-0.15, -0.1) is 0 Å². The van der Waals surface area contributed by atoms with Crippen LogP contribution in [0.3, 0.4) is 0 Å². The van der Waals surface area contributed by atoms with Crippen LogP contribution in [-0.2, 0) is 9.53 Å². The highest BCUT2D eigenvalue weighted by atomic mass is 79.9. The van der Waals surface area contributed by atoms with E-state index in [0.717, 1.165) is 0 Å². The minimum atomic E-state index is -0.0451. The molecule has 1 saturated heterocycles. The molecule has 0 aliphatic carbocycles. The molecule has 0 spiro atoms. The SMILES string of the molecule is O=C1CCOC[C@@H]1Br. The van der Waals surface area contributed by atoms with Crippen molar-refractivity contribution in [1.82, 2.24) is 0 Å². The Balaban J connectivity index is 2.39. The van der Waals surface area contributed by atoms with Crippen molar-refractivity contribution in [2.24, 2.45) is 0 Å². The van der Waals surface area contributed by atoms with Crippen LogP contribution >= 0.6 is 15.9 Å². The Morgan fingerprint density at radius 3 is 2.88 bits per heavy atom. The zero-order valence-corrected chi connectivity index (χ0v) is 5.98. The first-order valence-corrected chi connectivity index (χ1v) is 3.47. The predicted octanol–water partition coefficient (Wildman–Crippen LogP) is 0.739. The highest BCUT2D eigenvalue weighted by Crippen LogP contribution is 2.09. The van der Waals surface area contributed by atoms with Crippen LogP contribution in [0.1, 0.15) is 6.42 Å². The van der Waals surface area contributed by atoms with Gasteiger partial charge in [-0.1, -0.05) is 15.9 Å². The first kappa shape index (κ1) is 6.23. The molecule has 3 heteroatoms. The standard InChI is InChI=1S/C5H7BrO2/c6-4-3-8-2-1-5(4)7/h4H,1-3H2/t4-/m0/s1. The summed E-state index contributed by atoms with van der Waals surface area (Å²) in [6.45, 7) is 1.14. The summed E-state index contributed by atoms with van der Waals surface area (Å²) in [6, 6.07) is 0. The summed E-state index contributed by atoms with van der Waals surface area (Å²) in [5, 5.41) is 0. The largest absolute Gasteiger partial charge is 0.379 e. The molecule has 0 unspecified atom stereocenters. The van der Waals surface area contributed by atoms with Gasteiger partial charge in [0.05, 0.1) is 18.0 Å². The Kier molecular flexibility index (Phi) is 2.02. The Morgan fingerprint density at radius 2 is 2.50 bits per heavy atom. The van der Waals surface area contributed by atoms with Crippen molar-refractivity contribution in [2.75, 3.05) is 13.2 Å². The fourth-order valence-electron chi connectivity index (χ4n) is 0.609. The average Bonchev–Trinajstić information content (AvgIpc) is 1.77. The highest BCUT2D eigenvalue weighted by molar-refractivity contribution is 9.10. The number of ether oxygens (including phenoxy) is 1. The summed E-state index contributed by atoms with van der Waals surface area (Å²) in [5.41, 5.74) is 0. The molecule has 0 saturated carbocycles. The molecule has 0 amide bonds. The fraction of sp³-hybridized carbons (Fsp3) is 0.800. The lowest BCUT2D eigenvalue weighted by Gasteiger charge is -2.14. The van der Waals surface area contributed by atoms with Gasteiger partial charge in [0.15, 0.2) is 5.78 Å². The van der Waals surface area contributed by atoms with Crippen LogP contribution in [0.15, 0.2) is 0 Å². The van der Waals surface area contributed by atoms with Gasteiger partial charge in [-0.2, -0.15) is 0 Å². The molecule has 0 radical (unpaired) electrons. The summed E-state index contributed by atoms with van der Waals surface area (Å²) < 4.78 is 4.98. The van der Waals surface area contributed by atoms with Crippen molar-refractivity contribution in [3.63, 3.8) is 0 Å². The van der Waals surface area contributed by atoms with E-state index >= 15 is 0 Å². The van der Waals surface area contributed by atoms with Crippen LogP contribution < -0.4 is 0 Å². The van der Waals surface area contributed by atoms with E-state index in [1.807, 2.05) is 0 Å². The number of rotatable bonds is 0. The maximum atomic E-state index is 10.7. The van der Waals surface area contributed by atoms with Crippen LogP contribution in [0.2, 0.25) is 0 Å². The van der Waals surface area contributed by atoms with Crippen LogP contribution in [0.25, 0.3) is 0 Å². The van der Waals surface area contributed by atoms with E-state index in [1.165, 1.54) is 0 Å². The minimum Gasteiger partial charge on any atom is -0.379 e. The van der Waals surface area contributed by atoms with Gasteiger partial charge in [-0.3, -0.25) is 4.79 Å². The second-order valence-corrected chi connectivity index (χ2v) is 2.86. The zero-order valence-electron chi connectivity index (χ0n) is 4.39. The fourth-order valence-corrected chi connectivity index (χ4v) is 1.02. The van der Waals surface area contributed by atoms with Gasteiger partial charge in [0.1, 0.15) is 0 Å². The summed E-state index contributed by atoms with van der Waals surface area (Å²) in [7, 11) is 0. The Labute approximate surface area is 56.3 Å². The van der Waals surface area contributed by atoms with Crippen LogP contribution in [0.5, 0.6) is 0 Å². The van der Waals surface area contributed by atoms with Gasteiger partial charge in [0.2, 0.25) is 0 Å². The number of hydrogen-bond acceptors (Lipinski definition) is 2. The monoisotopic (exact) mass is 178 g/mol. The molecular formula is C5H7BrO2. The second kappa shape index (κ2) is 2.60. The van der Waals surface area contributed by atoms with Gasteiger partial charge >= 0.3 is 0 Å². The summed E-state index contributed by atoms with van der Waals surface area (Å²) in [5.74, 6) is 0.260. The molecule has 2 nitrogen and oxygen atoms in total. The lowest BCUT2D eigenvalue weighted by atomic mass is 10.2. The molecule has 1 atom stereocenters. The van der Waals surface area contributed by atoms with Gasteiger partial charge in [0.25, 0.3) is 0 Å². The number of ketones is 1. The first-order chi connectivity index (χ1) is 3.80. The molecule has 8 heavy (non-hydrogen) atoms. The predicted molar refractivity (Wildman–Crippen MR) is 33.2 cm³/mol. The highest BCUT2D eigenvalue weighted by Gasteiger charge is 2.18. The number of carbonyl (C=O) groups excluding carboxylic acids is 1. The van der Waals surface area contributed by atoms with Crippen molar-refractivity contribution in [2.45, 2.75) is 11.2 Å². The Bertz CT molecular complexity index is 103. The van der Waals surface area contributed by atoms with Gasteiger partial charge < -0.3 is 4.74 Å². The van der Waals surface area contributed by atoms with E-state index in [4.69, 9.17) is 4.74 Å². The quantitative estimate of drug-likeness (QED) is 0.512.